The number of hydrogen-bond donors (Lipinski definition) is 0. The summed E-state index contributed by atoms with van der Waals surface area (Å²) in [6, 6.07) is 9.70. The first-order valence-electron chi connectivity index (χ1n) is 5.02. The summed E-state index contributed by atoms with van der Waals surface area (Å²) < 4.78 is 5.80. The van der Waals surface area contributed by atoms with Crippen LogP contribution in [-0.4, -0.2) is 15.4 Å². The van der Waals surface area contributed by atoms with Gasteiger partial charge in [-0.15, -0.1) is 10.2 Å². The van der Waals surface area contributed by atoms with Gasteiger partial charge in [-0.05, 0) is 23.4 Å². The van der Waals surface area contributed by atoms with Gasteiger partial charge in [-0.2, -0.15) is 0 Å². The molecule has 0 fully saturated rings. The smallest absolute Gasteiger partial charge is 0.161 e. The van der Waals surface area contributed by atoms with E-state index in [0.29, 0.717) is 0 Å². The van der Waals surface area contributed by atoms with Gasteiger partial charge in [-0.25, -0.2) is 0 Å². The van der Waals surface area contributed by atoms with E-state index >= 15 is 0 Å². The van der Waals surface area contributed by atoms with E-state index in [9.17, 15) is 0 Å². The lowest BCUT2D eigenvalue weighted by molar-refractivity contribution is 0.245. The predicted molar refractivity (Wildman–Crippen MR) is 58.7 cm³/mol. The fourth-order valence-electron chi connectivity index (χ4n) is 1.65. The Morgan fingerprint density at radius 1 is 1.12 bits per heavy atom. The van der Waals surface area contributed by atoms with E-state index in [1.165, 1.54) is 0 Å². The van der Waals surface area contributed by atoms with Crippen molar-refractivity contribution in [3.05, 3.63) is 53.9 Å². The van der Waals surface area contributed by atoms with Crippen molar-refractivity contribution in [2.24, 2.45) is 0 Å². The molecule has 16 heavy (non-hydrogen) atoms. The Balaban J connectivity index is 1.95. The van der Waals surface area contributed by atoms with E-state index in [4.69, 9.17) is 4.74 Å². The summed E-state index contributed by atoms with van der Waals surface area (Å²) in [6.07, 6.45) is 5.43. The third kappa shape index (κ3) is 1.54. The van der Waals surface area contributed by atoms with Crippen LogP contribution in [0, 0.1) is 0 Å². The van der Waals surface area contributed by atoms with E-state index in [-0.39, 0.29) is 6.10 Å². The van der Waals surface area contributed by atoms with Gasteiger partial charge in [-0.3, -0.25) is 0 Å². The van der Waals surface area contributed by atoms with Crippen molar-refractivity contribution in [1.29, 1.82) is 0 Å². The Morgan fingerprint density at radius 2 is 2.06 bits per heavy atom. The molecular weight excluding hydrogens is 202 g/mol. The van der Waals surface area contributed by atoms with Crippen molar-refractivity contribution in [3.8, 4) is 5.75 Å². The molecule has 0 amide bonds. The SMILES string of the molecule is C1=CC(c2ccnnn2)Oc2ccccc21. The second-order valence-electron chi connectivity index (χ2n) is 3.48. The highest BCUT2D eigenvalue weighted by molar-refractivity contribution is 5.60. The molecule has 4 heteroatoms. The lowest BCUT2D eigenvalue weighted by Crippen LogP contribution is -2.11. The van der Waals surface area contributed by atoms with Crippen LogP contribution in [0.2, 0.25) is 0 Å². The summed E-state index contributed by atoms with van der Waals surface area (Å²) in [4.78, 5) is 0. The number of ether oxygens (including phenoxy) is 1. The Hall–Kier alpha value is -2.23. The van der Waals surface area contributed by atoms with Gasteiger partial charge in [0.05, 0.1) is 6.20 Å². The maximum absolute atomic E-state index is 5.80. The van der Waals surface area contributed by atoms with Gasteiger partial charge in [0.15, 0.2) is 6.10 Å². The monoisotopic (exact) mass is 211 g/mol. The molecule has 0 N–H and O–H groups in total. The van der Waals surface area contributed by atoms with Crippen molar-refractivity contribution in [2.45, 2.75) is 6.10 Å². The van der Waals surface area contributed by atoms with Crippen molar-refractivity contribution in [1.82, 2.24) is 15.4 Å². The summed E-state index contributed by atoms with van der Waals surface area (Å²) in [5.41, 5.74) is 1.85. The van der Waals surface area contributed by atoms with Gasteiger partial charge in [0.1, 0.15) is 11.4 Å². The summed E-state index contributed by atoms with van der Waals surface area (Å²) in [6.45, 7) is 0. The lowest BCUT2D eigenvalue weighted by atomic mass is 10.1. The molecule has 2 aromatic rings. The fourth-order valence-corrected chi connectivity index (χ4v) is 1.65. The average molecular weight is 211 g/mol. The van der Waals surface area contributed by atoms with Crippen LogP contribution < -0.4 is 4.74 Å². The first-order valence-corrected chi connectivity index (χ1v) is 5.02. The molecule has 0 bridgehead atoms. The number of nitrogens with zero attached hydrogens (tertiary/aromatic N) is 3. The minimum atomic E-state index is -0.176. The molecule has 0 saturated carbocycles. The van der Waals surface area contributed by atoms with Gasteiger partial charge in [0, 0.05) is 5.56 Å². The quantitative estimate of drug-likeness (QED) is 0.724. The maximum Gasteiger partial charge on any atom is 0.161 e. The second kappa shape index (κ2) is 3.73. The molecule has 0 spiro atoms. The van der Waals surface area contributed by atoms with Crippen LogP contribution in [0.15, 0.2) is 42.6 Å². The van der Waals surface area contributed by atoms with Gasteiger partial charge in [0.2, 0.25) is 0 Å². The molecule has 1 aliphatic heterocycles. The summed E-state index contributed by atoms with van der Waals surface area (Å²) in [7, 11) is 0. The van der Waals surface area contributed by atoms with E-state index in [0.717, 1.165) is 17.0 Å². The molecule has 3 rings (SSSR count). The molecule has 1 aromatic heterocycles. The Labute approximate surface area is 92.6 Å². The molecular formula is C12H9N3O. The normalized spacial score (nSPS) is 17.6. The first kappa shape index (κ1) is 9.03. The lowest BCUT2D eigenvalue weighted by Gasteiger charge is -2.20. The topological polar surface area (TPSA) is 47.9 Å². The Kier molecular flexibility index (Phi) is 2.11. The van der Waals surface area contributed by atoms with Gasteiger partial charge in [0.25, 0.3) is 0 Å². The number of fused-ring (bicyclic) bond motifs is 1. The zero-order valence-corrected chi connectivity index (χ0v) is 8.45. The van der Waals surface area contributed by atoms with Crippen LogP contribution in [-0.2, 0) is 0 Å². The van der Waals surface area contributed by atoms with Crippen LogP contribution in [0.3, 0.4) is 0 Å². The number of para-hydroxylation sites is 1. The van der Waals surface area contributed by atoms with E-state index in [1.54, 1.807) is 12.3 Å². The zero-order chi connectivity index (χ0) is 10.8. The number of benzene rings is 1. The third-order valence-electron chi connectivity index (χ3n) is 2.44. The predicted octanol–water partition coefficient (Wildman–Crippen LogP) is 2.02. The molecule has 78 valence electrons. The molecule has 0 aliphatic carbocycles. The highest BCUT2D eigenvalue weighted by Gasteiger charge is 2.17. The third-order valence-corrected chi connectivity index (χ3v) is 2.44. The molecule has 1 aliphatic rings. The fraction of sp³-hybridized carbons (Fsp3) is 0.0833. The number of hydrogen-bond acceptors (Lipinski definition) is 4. The van der Waals surface area contributed by atoms with Crippen LogP contribution in [0.4, 0.5) is 0 Å². The number of rotatable bonds is 1. The van der Waals surface area contributed by atoms with Gasteiger partial charge in [-0.1, -0.05) is 24.3 Å². The maximum atomic E-state index is 5.80. The van der Waals surface area contributed by atoms with Crippen molar-refractivity contribution in [3.63, 3.8) is 0 Å². The molecule has 0 radical (unpaired) electrons. The van der Waals surface area contributed by atoms with Crippen LogP contribution >= 0.6 is 0 Å². The molecule has 0 saturated heterocycles. The van der Waals surface area contributed by atoms with Crippen LogP contribution in [0.5, 0.6) is 5.75 Å². The average Bonchev–Trinajstić information content (AvgIpc) is 2.39. The molecule has 1 aromatic carbocycles. The van der Waals surface area contributed by atoms with Gasteiger partial charge < -0.3 is 4.74 Å². The van der Waals surface area contributed by atoms with E-state index in [2.05, 4.69) is 15.4 Å². The standard InChI is InChI=1S/C12H9N3O/c1-2-4-11-9(3-1)5-6-12(16-11)10-7-8-13-15-14-10/h1-8,12H. The largest absolute Gasteiger partial charge is 0.479 e. The molecule has 4 nitrogen and oxygen atoms in total. The minimum Gasteiger partial charge on any atom is -0.479 e. The summed E-state index contributed by atoms with van der Waals surface area (Å²) in [5, 5.41) is 11.2. The molecule has 2 heterocycles. The molecule has 1 unspecified atom stereocenters. The minimum absolute atomic E-state index is 0.176. The summed E-state index contributed by atoms with van der Waals surface area (Å²) >= 11 is 0. The highest BCUT2D eigenvalue weighted by atomic mass is 16.5. The molecule has 1 atom stereocenters. The van der Waals surface area contributed by atoms with Crippen LogP contribution in [0.25, 0.3) is 6.08 Å². The van der Waals surface area contributed by atoms with E-state index < -0.39 is 0 Å². The van der Waals surface area contributed by atoms with Crippen molar-refractivity contribution in [2.75, 3.05) is 0 Å². The van der Waals surface area contributed by atoms with E-state index in [1.807, 2.05) is 36.4 Å². The zero-order valence-electron chi connectivity index (χ0n) is 8.45. The second-order valence-corrected chi connectivity index (χ2v) is 3.48. The van der Waals surface area contributed by atoms with Gasteiger partial charge >= 0.3 is 0 Å². The van der Waals surface area contributed by atoms with Crippen molar-refractivity contribution >= 4 is 6.08 Å². The summed E-state index contributed by atoms with van der Waals surface area (Å²) in [5.74, 6) is 0.869. The highest BCUT2D eigenvalue weighted by Crippen LogP contribution is 2.30. The Morgan fingerprint density at radius 3 is 2.94 bits per heavy atom. The first-order chi connectivity index (χ1) is 7.93. The van der Waals surface area contributed by atoms with Crippen LogP contribution in [0.1, 0.15) is 17.4 Å². The van der Waals surface area contributed by atoms with Crippen molar-refractivity contribution < 1.29 is 4.74 Å². The number of aromatic nitrogens is 3. The Bertz CT molecular complexity index is 525.